The monoisotopic (exact) mass is 290 g/mol. The number of amides is 1. The first-order valence-electron chi connectivity index (χ1n) is 7.55. The van der Waals surface area contributed by atoms with Crippen LogP contribution in [0.5, 0.6) is 11.5 Å². The average molecular weight is 290 g/mol. The first-order chi connectivity index (χ1) is 10.1. The number of hydrogen-bond donors (Lipinski definition) is 1. The fourth-order valence-electron chi connectivity index (χ4n) is 2.72. The van der Waals surface area contributed by atoms with E-state index in [0.29, 0.717) is 18.8 Å². The van der Waals surface area contributed by atoms with Crippen LogP contribution in [0.3, 0.4) is 0 Å². The zero-order valence-electron chi connectivity index (χ0n) is 12.6. The second-order valence-electron chi connectivity index (χ2n) is 5.70. The molecule has 1 aromatic carbocycles. The van der Waals surface area contributed by atoms with Crippen LogP contribution in [0.2, 0.25) is 0 Å². The van der Waals surface area contributed by atoms with Crippen LogP contribution in [-0.2, 0) is 4.79 Å². The molecule has 1 aromatic rings. The number of ether oxygens (including phenoxy) is 2. The minimum Gasteiger partial charge on any atom is -0.490 e. The van der Waals surface area contributed by atoms with Crippen molar-refractivity contribution in [2.24, 2.45) is 0 Å². The van der Waals surface area contributed by atoms with Gasteiger partial charge in [-0.15, -0.1) is 0 Å². The Balaban J connectivity index is 1.78. The van der Waals surface area contributed by atoms with Gasteiger partial charge < -0.3 is 19.7 Å². The van der Waals surface area contributed by atoms with Crippen molar-refractivity contribution in [3.05, 3.63) is 23.3 Å². The van der Waals surface area contributed by atoms with Gasteiger partial charge in [-0.2, -0.15) is 0 Å². The number of carbonyl (C=O) groups excluding carboxylic acids is 1. The van der Waals surface area contributed by atoms with Crippen molar-refractivity contribution in [3.63, 3.8) is 0 Å². The number of nitrogens with one attached hydrogen (secondary N) is 1. The van der Waals surface area contributed by atoms with Crippen LogP contribution < -0.4 is 14.8 Å². The molecule has 1 saturated heterocycles. The van der Waals surface area contributed by atoms with Crippen molar-refractivity contribution in [1.82, 2.24) is 10.2 Å². The van der Waals surface area contributed by atoms with E-state index in [0.717, 1.165) is 37.5 Å². The maximum atomic E-state index is 12.6. The maximum Gasteiger partial charge on any atom is 0.263 e. The molecule has 1 N–H and O–H groups in total. The van der Waals surface area contributed by atoms with Crippen LogP contribution in [0.1, 0.15) is 17.5 Å². The molecule has 21 heavy (non-hydrogen) atoms. The normalized spacial score (nSPS) is 21.8. The third-order valence-corrected chi connectivity index (χ3v) is 4.17. The Hall–Kier alpha value is -1.75. The summed E-state index contributed by atoms with van der Waals surface area (Å²) in [5.74, 6) is 1.50. The molecule has 0 aromatic heterocycles. The highest BCUT2D eigenvalue weighted by Crippen LogP contribution is 2.34. The van der Waals surface area contributed by atoms with Crippen LogP contribution in [0.15, 0.2) is 12.1 Å². The molecular weight excluding hydrogens is 268 g/mol. The Bertz CT molecular complexity index is 539. The van der Waals surface area contributed by atoms with Gasteiger partial charge in [0, 0.05) is 32.6 Å². The lowest BCUT2D eigenvalue weighted by molar-refractivity contribution is -0.139. The minimum absolute atomic E-state index is 0.0752. The van der Waals surface area contributed by atoms with E-state index in [-0.39, 0.29) is 5.91 Å². The molecule has 1 amide bonds. The molecule has 0 spiro atoms. The van der Waals surface area contributed by atoms with Gasteiger partial charge in [0.25, 0.3) is 5.91 Å². The Labute approximate surface area is 125 Å². The van der Waals surface area contributed by atoms with Crippen molar-refractivity contribution >= 4 is 5.91 Å². The highest BCUT2D eigenvalue weighted by Gasteiger charge is 2.30. The van der Waals surface area contributed by atoms with Gasteiger partial charge in [0.15, 0.2) is 17.6 Å². The molecule has 3 rings (SSSR count). The zero-order chi connectivity index (χ0) is 14.8. The molecule has 0 saturated carbocycles. The lowest BCUT2D eigenvalue weighted by atomic mass is 10.1. The van der Waals surface area contributed by atoms with E-state index in [4.69, 9.17) is 9.47 Å². The molecule has 2 aliphatic heterocycles. The lowest BCUT2D eigenvalue weighted by Crippen LogP contribution is -2.51. The zero-order valence-corrected chi connectivity index (χ0v) is 12.6. The van der Waals surface area contributed by atoms with Gasteiger partial charge in [-0.05, 0) is 37.1 Å². The van der Waals surface area contributed by atoms with E-state index >= 15 is 0 Å². The predicted octanol–water partition coefficient (Wildman–Crippen LogP) is 1.27. The smallest absolute Gasteiger partial charge is 0.263 e. The number of hydrogen-bond acceptors (Lipinski definition) is 4. The summed E-state index contributed by atoms with van der Waals surface area (Å²) in [5.41, 5.74) is 2.32. The number of nitrogens with zero attached hydrogens (tertiary/aromatic N) is 1. The van der Waals surface area contributed by atoms with Crippen molar-refractivity contribution in [2.75, 3.05) is 32.8 Å². The molecule has 1 atom stereocenters. The first-order valence-corrected chi connectivity index (χ1v) is 7.55. The van der Waals surface area contributed by atoms with Crippen LogP contribution in [0, 0.1) is 13.8 Å². The van der Waals surface area contributed by atoms with Gasteiger partial charge in [-0.3, -0.25) is 4.79 Å². The van der Waals surface area contributed by atoms with Crippen LogP contribution in [-0.4, -0.2) is 49.7 Å². The summed E-state index contributed by atoms with van der Waals surface area (Å²) in [6.45, 7) is 7.80. The number of benzene rings is 1. The number of piperazine rings is 1. The minimum atomic E-state index is -0.438. The highest BCUT2D eigenvalue weighted by atomic mass is 16.5. The maximum absolute atomic E-state index is 12.6. The lowest BCUT2D eigenvalue weighted by Gasteiger charge is -2.30. The predicted molar refractivity (Wildman–Crippen MR) is 79.9 cm³/mol. The van der Waals surface area contributed by atoms with E-state index in [2.05, 4.69) is 5.32 Å². The highest BCUT2D eigenvalue weighted by molar-refractivity contribution is 5.81. The second-order valence-corrected chi connectivity index (χ2v) is 5.70. The average Bonchev–Trinajstić information content (AvgIpc) is 2.70. The summed E-state index contributed by atoms with van der Waals surface area (Å²) in [4.78, 5) is 14.5. The SMILES string of the molecule is Cc1cc2c(cc1C)OC(C(=O)N1CCNCC1)CCO2. The summed E-state index contributed by atoms with van der Waals surface area (Å²) >= 11 is 0. The number of carbonyl (C=O) groups is 1. The van der Waals surface area contributed by atoms with Crippen molar-refractivity contribution in [2.45, 2.75) is 26.4 Å². The topological polar surface area (TPSA) is 50.8 Å². The van der Waals surface area contributed by atoms with Gasteiger partial charge >= 0.3 is 0 Å². The number of rotatable bonds is 1. The quantitative estimate of drug-likeness (QED) is 0.846. The van der Waals surface area contributed by atoms with Crippen LogP contribution >= 0.6 is 0 Å². The Morgan fingerprint density at radius 2 is 1.86 bits per heavy atom. The van der Waals surface area contributed by atoms with E-state index < -0.39 is 6.10 Å². The van der Waals surface area contributed by atoms with Gasteiger partial charge in [0.1, 0.15) is 0 Å². The van der Waals surface area contributed by atoms with Crippen molar-refractivity contribution < 1.29 is 14.3 Å². The van der Waals surface area contributed by atoms with Gasteiger partial charge in [0.05, 0.1) is 6.61 Å². The van der Waals surface area contributed by atoms with Gasteiger partial charge in [0.2, 0.25) is 0 Å². The fraction of sp³-hybridized carbons (Fsp3) is 0.562. The Morgan fingerprint density at radius 3 is 2.57 bits per heavy atom. The summed E-state index contributed by atoms with van der Waals surface area (Å²) in [7, 11) is 0. The van der Waals surface area contributed by atoms with Gasteiger partial charge in [-0.1, -0.05) is 0 Å². The Kier molecular flexibility index (Phi) is 4.01. The first kappa shape index (κ1) is 14.2. The third kappa shape index (κ3) is 2.97. The fourth-order valence-corrected chi connectivity index (χ4v) is 2.72. The van der Waals surface area contributed by atoms with Crippen molar-refractivity contribution in [1.29, 1.82) is 0 Å². The van der Waals surface area contributed by atoms with Crippen LogP contribution in [0.4, 0.5) is 0 Å². The number of aryl methyl sites for hydroxylation is 2. The molecule has 1 fully saturated rings. The largest absolute Gasteiger partial charge is 0.490 e. The molecular formula is C16H22N2O3. The third-order valence-electron chi connectivity index (χ3n) is 4.17. The van der Waals surface area contributed by atoms with Crippen molar-refractivity contribution in [3.8, 4) is 11.5 Å². The molecule has 2 heterocycles. The summed E-state index contributed by atoms with van der Waals surface area (Å²) < 4.78 is 11.7. The van der Waals surface area contributed by atoms with Crippen LogP contribution in [0.25, 0.3) is 0 Å². The van der Waals surface area contributed by atoms with Gasteiger partial charge in [-0.25, -0.2) is 0 Å². The molecule has 5 nitrogen and oxygen atoms in total. The summed E-state index contributed by atoms with van der Waals surface area (Å²) in [6.07, 6.45) is 0.154. The van der Waals surface area contributed by atoms with E-state index in [1.165, 1.54) is 5.56 Å². The van der Waals surface area contributed by atoms with E-state index in [9.17, 15) is 4.79 Å². The molecule has 1 unspecified atom stereocenters. The molecule has 0 radical (unpaired) electrons. The summed E-state index contributed by atoms with van der Waals surface area (Å²) in [6, 6.07) is 3.95. The summed E-state index contributed by atoms with van der Waals surface area (Å²) in [5, 5.41) is 3.25. The Morgan fingerprint density at radius 1 is 1.19 bits per heavy atom. The van der Waals surface area contributed by atoms with E-state index in [1.54, 1.807) is 0 Å². The molecule has 114 valence electrons. The number of fused-ring (bicyclic) bond motifs is 1. The van der Waals surface area contributed by atoms with E-state index in [1.807, 2.05) is 30.9 Å². The molecule has 5 heteroatoms. The standard InChI is InChI=1S/C16H22N2O3/c1-11-9-14-15(10-12(11)2)21-13(3-8-20-14)16(19)18-6-4-17-5-7-18/h9-10,13,17H,3-8H2,1-2H3. The molecule has 2 aliphatic rings. The molecule has 0 aliphatic carbocycles. The molecule has 0 bridgehead atoms. The second kappa shape index (κ2) is 5.93.